The second-order valence-electron chi connectivity index (χ2n) is 10.5. The molecule has 8 nitrogen and oxygen atoms in total. The lowest BCUT2D eigenvalue weighted by Crippen LogP contribution is -2.60. The smallest absolute Gasteiger partial charge is 0.231 e. The average Bonchev–Trinajstić information content (AvgIpc) is 3.35. The number of rotatable bonds is 4. The Morgan fingerprint density at radius 3 is 2.56 bits per heavy atom. The molecule has 1 aromatic carbocycles. The van der Waals surface area contributed by atoms with E-state index in [9.17, 15) is 9.90 Å². The largest absolute Gasteiger partial charge is 0.389 e. The van der Waals surface area contributed by atoms with E-state index in [1.165, 1.54) is 0 Å². The van der Waals surface area contributed by atoms with E-state index >= 15 is 0 Å². The van der Waals surface area contributed by atoms with E-state index in [4.69, 9.17) is 21.1 Å². The van der Waals surface area contributed by atoms with E-state index in [-0.39, 0.29) is 23.0 Å². The maximum Gasteiger partial charge on any atom is 0.231 e. The zero-order valence-electron chi connectivity index (χ0n) is 20.0. The van der Waals surface area contributed by atoms with Gasteiger partial charge in [-0.3, -0.25) is 9.69 Å². The van der Waals surface area contributed by atoms with E-state index in [1.54, 1.807) is 6.20 Å². The molecule has 3 atom stereocenters. The van der Waals surface area contributed by atoms with Gasteiger partial charge in [0.2, 0.25) is 5.91 Å². The van der Waals surface area contributed by atoms with E-state index in [2.05, 4.69) is 33.1 Å². The highest BCUT2D eigenvalue weighted by Gasteiger charge is 2.44. The second-order valence-corrected chi connectivity index (χ2v) is 11.0. The van der Waals surface area contributed by atoms with Gasteiger partial charge in [-0.25, -0.2) is 4.98 Å². The predicted molar refractivity (Wildman–Crippen MR) is 133 cm³/mol. The number of anilines is 2. The Morgan fingerprint density at radius 1 is 1.15 bits per heavy atom. The fraction of sp³-hybridized carbons (Fsp3) is 0.600. The molecule has 34 heavy (non-hydrogen) atoms. The fourth-order valence-electron chi connectivity index (χ4n) is 5.31. The van der Waals surface area contributed by atoms with E-state index in [0.717, 1.165) is 42.6 Å². The van der Waals surface area contributed by atoms with Crippen molar-refractivity contribution in [3.63, 3.8) is 0 Å². The Kier molecular flexibility index (Phi) is 6.23. The lowest BCUT2D eigenvalue weighted by atomic mass is 9.95. The Hall–Kier alpha value is -1.97. The molecule has 3 aliphatic heterocycles. The van der Waals surface area contributed by atoms with Crippen LogP contribution in [0.15, 0.2) is 24.4 Å². The van der Waals surface area contributed by atoms with Gasteiger partial charge in [0, 0.05) is 37.8 Å². The highest BCUT2D eigenvalue weighted by Crippen LogP contribution is 2.35. The van der Waals surface area contributed by atoms with Crippen molar-refractivity contribution in [1.29, 1.82) is 0 Å². The molecule has 0 saturated carbocycles. The molecule has 3 saturated heterocycles. The number of hydrogen-bond donors (Lipinski definition) is 2. The zero-order valence-corrected chi connectivity index (χ0v) is 20.8. The number of aliphatic hydroxyl groups is 1. The maximum atomic E-state index is 12.7. The number of hydrogen-bond acceptors (Lipinski definition) is 7. The molecule has 5 rings (SSSR count). The van der Waals surface area contributed by atoms with Crippen molar-refractivity contribution >= 4 is 39.8 Å². The molecule has 1 amide bonds. The van der Waals surface area contributed by atoms with Crippen molar-refractivity contribution in [2.75, 3.05) is 56.2 Å². The van der Waals surface area contributed by atoms with Crippen molar-refractivity contribution in [3.8, 4) is 0 Å². The quantitative estimate of drug-likeness (QED) is 0.684. The number of carbonyl (C=O) groups is 1. The summed E-state index contributed by atoms with van der Waals surface area (Å²) >= 11 is 6.66. The minimum Gasteiger partial charge on any atom is -0.389 e. The van der Waals surface area contributed by atoms with Crippen LogP contribution in [0.25, 0.3) is 10.8 Å². The first-order chi connectivity index (χ1) is 16.1. The summed E-state index contributed by atoms with van der Waals surface area (Å²) in [5.74, 6) is 0.299. The zero-order chi connectivity index (χ0) is 24.1. The molecule has 3 fully saturated rings. The molecule has 0 spiro atoms. The Labute approximate surface area is 205 Å². The van der Waals surface area contributed by atoms with Gasteiger partial charge in [0.05, 0.1) is 53.7 Å². The van der Waals surface area contributed by atoms with Crippen LogP contribution in [-0.2, 0) is 14.3 Å². The van der Waals surface area contributed by atoms with Crippen molar-refractivity contribution in [1.82, 2.24) is 9.88 Å². The number of ether oxygens (including phenoxy) is 2. The summed E-state index contributed by atoms with van der Waals surface area (Å²) in [6, 6.07) is 5.90. The molecule has 184 valence electrons. The van der Waals surface area contributed by atoms with Crippen molar-refractivity contribution in [3.05, 3.63) is 29.4 Å². The highest BCUT2D eigenvalue weighted by molar-refractivity contribution is 6.34. The second kappa shape index (κ2) is 8.91. The normalized spacial score (nSPS) is 29.6. The highest BCUT2D eigenvalue weighted by atomic mass is 35.5. The fourth-order valence-corrected chi connectivity index (χ4v) is 5.60. The molecule has 0 radical (unpaired) electrons. The van der Waals surface area contributed by atoms with Crippen molar-refractivity contribution in [2.45, 2.75) is 44.4 Å². The van der Waals surface area contributed by atoms with E-state index in [1.807, 2.05) is 26.0 Å². The molecule has 4 heterocycles. The standard InChI is InChI=1S/C25H33ClN4O4/c1-24(2)11-18(13-34-24)23(32)28-22-10-16-9-20(19(26)8-17(16)12-27-22)29-4-6-30(7-5-29)25(3)15-33-14-21(25)31/h8-10,12,18,21,31H,4-7,11,13-15H2,1-3H3,(H,27,28,32)/t18-,21-,25+/m1/s1. The monoisotopic (exact) mass is 488 g/mol. The third-order valence-corrected chi connectivity index (χ3v) is 7.86. The molecular formula is C25H33ClN4O4. The van der Waals surface area contributed by atoms with Crippen LogP contribution in [0.4, 0.5) is 11.5 Å². The van der Waals surface area contributed by atoms with Gasteiger partial charge in [-0.2, -0.15) is 0 Å². The molecule has 0 unspecified atom stereocenters. The van der Waals surface area contributed by atoms with Crippen LogP contribution in [-0.4, -0.2) is 84.1 Å². The summed E-state index contributed by atoms with van der Waals surface area (Å²) in [5.41, 5.74) is 0.364. The van der Waals surface area contributed by atoms with E-state index in [0.29, 0.717) is 37.1 Å². The number of halogens is 1. The molecular weight excluding hydrogens is 456 g/mol. The first kappa shape index (κ1) is 23.8. The van der Waals surface area contributed by atoms with Gasteiger partial charge in [0.15, 0.2) is 0 Å². The first-order valence-electron chi connectivity index (χ1n) is 11.9. The number of nitrogens with zero attached hydrogens (tertiary/aromatic N) is 3. The number of aromatic nitrogens is 1. The summed E-state index contributed by atoms with van der Waals surface area (Å²) in [6.45, 7) is 10.7. The summed E-state index contributed by atoms with van der Waals surface area (Å²) in [6.07, 6.45) is 1.97. The maximum absolute atomic E-state index is 12.7. The number of aliphatic hydroxyl groups excluding tert-OH is 1. The van der Waals surface area contributed by atoms with Crippen molar-refractivity contribution in [2.24, 2.45) is 5.92 Å². The van der Waals surface area contributed by atoms with Crippen LogP contribution < -0.4 is 10.2 Å². The molecule has 9 heteroatoms. The van der Waals surface area contributed by atoms with Crippen LogP contribution >= 0.6 is 11.6 Å². The third kappa shape index (κ3) is 4.50. The average molecular weight is 489 g/mol. The van der Waals surface area contributed by atoms with Crippen LogP contribution in [0.3, 0.4) is 0 Å². The number of benzene rings is 1. The van der Waals surface area contributed by atoms with Gasteiger partial charge in [0.25, 0.3) is 0 Å². The molecule has 3 aliphatic rings. The van der Waals surface area contributed by atoms with Gasteiger partial charge in [-0.15, -0.1) is 0 Å². The summed E-state index contributed by atoms with van der Waals surface area (Å²) in [7, 11) is 0. The third-order valence-electron chi connectivity index (χ3n) is 7.55. The van der Waals surface area contributed by atoms with Gasteiger partial charge in [-0.1, -0.05) is 11.6 Å². The van der Waals surface area contributed by atoms with E-state index < -0.39 is 6.10 Å². The van der Waals surface area contributed by atoms with Crippen LogP contribution in [0.1, 0.15) is 27.2 Å². The summed E-state index contributed by atoms with van der Waals surface area (Å²) in [5, 5.41) is 15.9. The van der Waals surface area contributed by atoms with Gasteiger partial charge in [-0.05, 0) is 50.8 Å². The molecule has 2 N–H and O–H groups in total. The Morgan fingerprint density at radius 2 is 1.91 bits per heavy atom. The van der Waals surface area contributed by atoms with Gasteiger partial charge >= 0.3 is 0 Å². The van der Waals surface area contributed by atoms with Crippen LogP contribution in [0, 0.1) is 5.92 Å². The molecule has 1 aromatic heterocycles. The number of piperazine rings is 1. The summed E-state index contributed by atoms with van der Waals surface area (Å²) in [4.78, 5) is 21.7. The van der Waals surface area contributed by atoms with Crippen molar-refractivity contribution < 1.29 is 19.4 Å². The number of carbonyl (C=O) groups excluding carboxylic acids is 1. The minimum atomic E-state index is -0.466. The van der Waals surface area contributed by atoms with Gasteiger partial charge in [0.1, 0.15) is 5.82 Å². The SMILES string of the molecule is CC1(C)C[C@@H](C(=O)Nc2cc3cc(N4CCN([C@@]5(C)COC[C@H]5O)CC4)c(Cl)cc3cn2)CO1. The minimum absolute atomic E-state index is 0.0608. The topological polar surface area (TPSA) is 87.2 Å². The number of amides is 1. The lowest BCUT2D eigenvalue weighted by molar-refractivity contribution is -0.119. The van der Waals surface area contributed by atoms with Gasteiger partial charge < -0.3 is 24.8 Å². The summed E-state index contributed by atoms with van der Waals surface area (Å²) < 4.78 is 11.2. The number of pyridine rings is 1. The number of fused-ring (bicyclic) bond motifs is 1. The van der Waals surface area contributed by atoms with Crippen LogP contribution in [0.2, 0.25) is 5.02 Å². The molecule has 2 aromatic rings. The van der Waals surface area contributed by atoms with Crippen LogP contribution in [0.5, 0.6) is 0 Å². The Balaban J connectivity index is 1.30. The number of nitrogens with one attached hydrogen (secondary N) is 1. The lowest BCUT2D eigenvalue weighted by Gasteiger charge is -2.45. The Bertz CT molecular complexity index is 1090. The first-order valence-corrected chi connectivity index (χ1v) is 12.3. The molecule has 0 bridgehead atoms. The molecule has 0 aliphatic carbocycles. The predicted octanol–water partition coefficient (Wildman–Crippen LogP) is 2.91.